The molecule has 0 saturated carbocycles. The van der Waals surface area contributed by atoms with Crippen LogP contribution in [0.1, 0.15) is 24.0 Å². The maximum atomic E-state index is 12.6. The van der Waals surface area contributed by atoms with Crippen LogP contribution in [-0.2, 0) is 10.0 Å². The number of rotatable bonds is 3. The molecule has 108 valence electrons. The van der Waals surface area contributed by atoms with Crippen LogP contribution in [0.15, 0.2) is 23.1 Å². The molecule has 1 heterocycles. The Bertz CT molecular complexity index is 546. The molecular formula is C13H21ClN2O2S. The van der Waals surface area contributed by atoms with E-state index in [1.807, 2.05) is 26.0 Å². The summed E-state index contributed by atoms with van der Waals surface area (Å²) in [5.41, 5.74) is 7.42. The first-order valence-electron chi connectivity index (χ1n) is 6.26. The van der Waals surface area contributed by atoms with Crippen LogP contribution in [0.2, 0.25) is 0 Å². The summed E-state index contributed by atoms with van der Waals surface area (Å²) >= 11 is 0. The van der Waals surface area contributed by atoms with Gasteiger partial charge in [-0.05, 0) is 43.9 Å². The Morgan fingerprint density at radius 1 is 1.37 bits per heavy atom. The molecule has 19 heavy (non-hydrogen) atoms. The molecule has 2 N–H and O–H groups in total. The van der Waals surface area contributed by atoms with Gasteiger partial charge in [-0.2, -0.15) is 4.31 Å². The average Bonchev–Trinajstić information content (AvgIpc) is 2.81. The minimum Gasteiger partial charge on any atom is -0.329 e. The predicted octanol–water partition coefficient (Wildman–Crippen LogP) is 1.84. The second-order valence-corrected chi connectivity index (χ2v) is 6.78. The van der Waals surface area contributed by atoms with Gasteiger partial charge in [-0.3, -0.25) is 0 Å². The summed E-state index contributed by atoms with van der Waals surface area (Å²) in [7, 11) is -3.40. The van der Waals surface area contributed by atoms with Crippen molar-refractivity contribution < 1.29 is 8.42 Å². The number of hydrogen-bond donors (Lipinski definition) is 1. The molecule has 1 saturated heterocycles. The van der Waals surface area contributed by atoms with Gasteiger partial charge in [0.15, 0.2) is 0 Å². The molecule has 1 aliphatic heterocycles. The van der Waals surface area contributed by atoms with E-state index in [0.29, 0.717) is 18.0 Å². The molecule has 0 aromatic heterocycles. The highest BCUT2D eigenvalue weighted by Crippen LogP contribution is 2.27. The van der Waals surface area contributed by atoms with E-state index in [2.05, 4.69) is 0 Å². The summed E-state index contributed by atoms with van der Waals surface area (Å²) in [6.07, 6.45) is 1.76. The number of hydrogen-bond acceptors (Lipinski definition) is 3. The second kappa shape index (κ2) is 6.22. The fourth-order valence-corrected chi connectivity index (χ4v) is 4.49. The monoisotopic (exact) mass is 304 g/mol. The molecule has 2 rings (SSSR count). The molecule has 1 fully saturated rings. The first kappa shape index (κ1) is 16.4. The molecule has 1 aliphatic rings. The zero-order valence-corrected chi connectivity index (χ0v) is 12.9. The fraction of sp³-hybridized carbons (Fsp3) is 0.538. The van der Waals surface area contributed by atoms with Gasteiger partial charge in [0.25, 0.3) is 0 Å². The number of nitrogens with two attached hydrogens (primary N) is 1. The molecule has 1 unspecified atom stereocenters. The summed E-state index contributed by atoms with van der Waals surface area (Å²) in [6.45, 7) is 4.71. The van der Waals surface area contributed by atoms with Gasteiger partial charge in [0, 0.05) is 19.1 Å². The van der Waals surface area contributed by atoms with Crippen LogP contribution in [-0.4, -0.2) is 31.9 Å². The van der Waals surface area contributed by atoms with Gasteiger partial charge in [0.05, 0.1) is 4.90 Å². The van der Waals surface area contributed by atoms with Crippen LogP contribution in [0.4, 0.5) is 0 Å². The Morgan fingerprint density at radius 3 is 2.68 bits per heavy atom. The maximum Gasteiger partial charge on any atom is 0.243 e. The van der Waals surface area contributed by atoms with E-state index in [-0.39, 0.29) is 18.4 Å². The standard InChI is InChI=1S/C13H20N2O2S.ClH/c1-10-5-6-11(2)13(8-10)18(16,17)15-7-3-4-12(15)9-14;/h5-6,8,12H,3-4,7,9,14H2,1-2H3;1H. The van der Waals surface area contributed by atoms with Crippen molar-refractivity contribution in [3.63, 3.8) is 0 Å². The van der Waals surface area contributed by atoms with Gasteiger partial charge >= 0.3 is 0 Å². The first-order chi connectivity index (χ1) is 8.46. The molecule has 0 bridgehead atoms. The van der Waals surface area contributed by atoms with Crippen LogP contribution in [0, 0.1) is 13.8 Å². The quantitative estimate of drug-likeness (QED) is 0.927. The predicted molar refractivity (Wildman–Crippen MR) is 79.1 cm³/mol. The molecule has 0 aliphatic carbocycles. The molecule has 0 spiro atoms. The van der Waals surface area contributed by atoms with E-state index < -0.39 is 10.0 Å². The topological polar surface area (TPSA) is 63.4 Å². The lowest BCUT2D eigenvalue weighted by atomic mass is 10.2. The van der Waals surface area contributed by atoms with Gasteiger partial charge in [0.2, 0.25) is 10.0 Å². The lowest BCUT2D eigenvalue weighted by molar-refractivity contribution is 0.393. The van der Waals surface area contributed by atoms with E-state index in [9.17, 15) is 8.42 Å². The molecule has 1 atom stereocenters. The molecule has 0 radical (unpaired) electrons. The summed E-state index contributed by atoms with van der Waals surface area (Å²) in [4.78, 5) is 0.419. The van der Waals surface area contributed by atoms with Gasteiger partial charge < -0.3 is 5.73 Å². The third-order valence-electron chi connectivity index (χ3n) is 3.53. The van der Waals surface area contributed by atoms with Crippen molar-refractivity contribution in [2.24, 2.45) is 5.73 Å². The minimum absolute atomic E-state index is 0. The summed E-state index contributed by atoms with van der Waals surface area (Å²) in [5, 5.41) is 0. The van der Waals surface area contributed by atoms with Gasteiger partial charge in [-0.15, -0.1) is 12.4 Å². The SMILES string of the molecule is Cc1ccc(C)c(S(=O)(=O)N2CCCC2CN)c1.Cl. The lowest BCUT2D eigenvalue weighted by Gasteiger charge is -2.23. The van der Waals surface area contributed by atoms with E-state index in [0.717, 1.165) is 24.0 Å². The van der Waals surface area contributed by atoms with E-state index in [1.165, 1.54) is 0 Å². The van der Waals surface area contributed by atoms with Crippen LogP contribution in [0.3, 0.4) is 0 Å². The van der Waals surface area contributed by atoms with Crippen molar-refractivity contribution in [2.75, 3.05) is 13.1 Å². The fourth-order valence-electron chi connectivity index (χ4n) is 2.47. The van der Waals surface area contributed by atoms with Crippen LogP contribution < -0.4 is 5.73 Å². The Hall–Kier alpha value is -0.620. The third-order valence-corrected chi connectivity index (χ3v) is 5.62. The highest BCUT2D eigenvalue weighted by molar-refractivity contribution is 7.89. The first-order valence-corrected chi connectivity index (χ1v) is 7.70. The number of sulfonamides is 1. The lowest BCUT2D eigenvalue weighted by Crippen LogP contribution is -2.40. The van der Waals surface area contributed by atoms with Gasteiger partial charge in [0.1, 0.15) is 0 Å². The Labute approximate surface area is 121 Å². The Kier molecular flexibility index (Phi) is 5.38. The molecule has 4 nitrogen and oxygen atoms in total. The van der Waals surface area contributed by atoms with Crippen LogP contribution in [0.25, 0.3) is 0 Å². The Morgan fingerprint density at radius 2 is 2.05 bits per heavy atom. The zero-order valence-electron chi connectivity index (χ0n) is 11.3. The molecule has 6 heteroatoms. The summed E-state index contributed by atoms with van der Waals surface area (Å²) in [6, 6.07) is 5.49. The summed E-state index contributed by atoms with van der Waals surface area (Å²) < 4.78 is 26.9. The largest absolute Gasteiger partial charge is 0.329 e. The molecule has 0 amide bonds. The second-order valence-electron chi connectivity index (χ2n) is 4.92. The van der Waals surface area contributed by atoms with Crippen LogP contribution >= 0.6 is 12.4 Å². The van der Waals surface area contributed by atoms with Crippen LogP contribution in [0.5, 0.6) is 0 Å². The van der Waals surface area contributed by atoms with E-state index in [1.54, 1.807) is 10.4 Å². The number of nitrogens with zero attached hydrogens (tertiary/aromatic N) is 1. The minimum atomic E-state index is -3.40. The number of aryl methyl sites for hydroxylation is 2. The average molecular weight is 305 g/mol. The van der Waals surface area contributed by atoms with Gasteiger partial charge in [-0.25, -0.2) is 8.42 Å². The van der Waals surface area contributed by atoms with Crippen molar-refractivity contribution in [1.82, 2.24) is 4.31 Å². The van der Waals surface area contributed by atoms with Gasteiger partial charge in [-0.1, -0.05) is 12.1 Å². The van der Waals surface area contributed by atoms with E-state index >= 15 is 0 Å². The van der Waals surface area contributed by atoms with Crippen molar-refractivity contribution in [2.45, 2.75) is 37.6 Å². The summed E-state index contributed by atoms with van der Waals surface area (Å²) in [5.74, 6) is 0. The van der Waals surface area contributed by atoms with Crippen molar-refractivity contribution in [3.05, 3.63) is 29.3 Å². The molecule has 1 aromatic carbocycles. The third kappa shape index (κ3) is 3.11. The van der Waals surface area contributed by atoms with Crippen molar-refractivity contribution in [3.8, 4) is 0 Å². The molecular weight excluding hydrogens is 284 g/mol. The molecule has 1 aromatic rings. The van der Waals surface area contributed by atoms with Crippen molar-refractivity contribution in [1.29, 1.82) is 0 Å². The highest BCUT2D eigenvalue weighted by Gasteiger charge is 2.35. The van der Waals surface area contributed by atoms with Crippen molar-refractivity contribution >= 4 is 22.4 Å². The zero-order chi connectivity index (χ0) is 13.3. The van der Waals surface area contributed by atoms with E-state index in [4.69, 9.17) is 5.73 Å². The highest BCUT2D eigenvalue weighted by atomic mass is 35.5. The number of benzene rings is 1. The number of halogens is 1. The normalized spacial score (nSPS) is 20.3. The Balaban J connectivity index is 0.00000180. The smallest absolute Gasteiger partial charge is 0.243 e. The maximum absolute atomic E-state index is 12.6.